The molecule has 0 spiro atoms. The van der Waals surface area contributed by atoms with Crippen molar-refractivity contribution in [2.75, 3.05) is 4.90 Å². The van der Waals surface area contributed by atoms with Crippen molar-refractivity contribution in [1.29, 1.82) is 0 Å². The Kier molecular flexibility index (Phi) is 4.01. The number of aromatic nitrogens is 1. The highest BCUT2D eigenvalue weighted by atomic mass is 16.4. The minimum Gasteiger partial charge on any atom is -0.478 e. The van der Waals surface area contributed by atoms with Crippen LogP contribution < -0.4 is 10.5 Å². The smallest absolute Gasteiger partial charge is 0.347 e. The van der Waals surface area contributed by atoms with E-state index in [2.05, 4.69) is 4.98 Å². The molecule has 0 fully saturated rings. The molecule has 0 saturated carbocycles. The number of para-hydroxylation sites is 1. The molecule has 1 aromatic heterocycles. The van der Waals surface area contributed by atoms with Crippen LogP contribution in [0.4, 0.5) is 5.69 Å². The molecule has 2 amide bonds. The lowest BCUT2D eigenvalue weighted by molar-refractivity contribution is 0.0695. The maximum Gasteiger partial charge on any atom is 0.347 e. The van der Waals surface area contributed by atoms with Gasteiger partial charge in [0.1, 0.15) is 0 Å². The highest BCUT2D eigenvalue weighted by Gasteiger charge is 2.37. The first-order valence-corrected chi connectivity index (χ1v) is 9.20. The number of imide groups is 1. The Balaban J connectivity index is 1.59. The molecule has 1 aliphatic rings. The lowest BCUT2D eigenvalue weighted by Crippen LogP contribution is -2.29. The van der Waals surface area contributed by atoms with Gasteiger partial charge in [-0.3, -0.25) is 9.59 Å². The first kappa shape index (κ1) is 18.4. The number of aromatic carboxylic acids is 1. The zero-order valence-electron chi connectivity index (χ0n) is 15.7. The Hall–Kier alpha value is -4.59. The maximum absolute atomic E-state index is 13.0. The average molecular weight is 412 g/mol. The number of nitrogens with zero attached hydrogens (tertiary/aromatic N) is 2. The number of hydrogen-bond donors (Lipinski definition) is 1. The Labute approximate surface area is 174 Å². The molecule has 0 bridgehead atoms. The molecule has 0 unspecified atom stereocenters. The van der Waals surface area contributed by atoms with Crippen LogP contribution in [0.25, 0.3) is 22.4 Å². The Morgan fingerprint density at radius 2 is 1.65 bits per heavy atom. The predicted octanol–water partition coefficient (Wildman–Crippen LogP) is 3.35. The molecule has 0 aliphatic carbocycles. The van der Waals surface area contributed by atoms with Gasteiger partial charge in [-0.2, -0.15) is 0 Å². The minimum absolute atomic E-state index is 0.0260. The van der Waals surface area contributed by atoms with Crippen molar-refractivity contribution in [3.8, 4) is 11.5 Å². The summed E-state index contributed by atoms with van der Waals surface area (Å²) in [5, 5.41) is 9.52. The lowest BCUT2D eigenvalue weighted by Gasteiger charge is -2.14. The molecule has 31 heavy (non-hydrogen) atoms. The molecular formula is C23H12N2O6. The van der Waals surface area contributed by atoms with Gasteiger partial charge in [0.15, 0.2) is 0 Å². The summed E-state index contributed by atoms with van der Waals surface area (Å²) in [5.41, 5.74) is 0.640. The van der Waals surface area contributed by atoms with E-state index < -0.39 is 23.4 Å². The maximum atomic E-state index is 13.0. The van der Waals surface area contributed by atoms with E-state index >= 15 is 0 Å². The fraction of sp³-hybridized carbons (Fsp3) is 0. The molecule has 3 aromatic carbocycles. The topological polar surface area (TPSA) is 118 Å². The second-order valence-corrected chi connectivity index (χ2v) is 6.89. The number of carbonyl (C=O) groups is 3. The van der Waals surface area contributed by atoms with Gasteiger partial charge in [0.25, 0.3) is 11.8 Å². The van der Waals surface area contributed by atoms with Crippen molar-refractivity contribution in [2.45, 2.75) is 0 Å². The van der Waals surface area contributed by atoms with E-state index in [4.69, 9.17) is 4.42 Å². The summed E-state index contributed by atoms with van der Waals surface area (Å²) >= 11 is 0. The van der Waals surface area contributed by atoms with Crippen molar-refractivity contribution in [3.05, 3.63) is 93.8 Å². The van der Waals surface area contributed by atoms with Crippen LogP contribution in [-0.4, -0.2) is 27.9 Å². The Morgan fingerprint density at radius 3 is 2.45 bits per heavy atom. The van der Waals surface area contributed by atoms with E-state index in [1.807, 2.05) is 0 Å². The van der Waals surface area contributed by atoms with Crippen molar-refractivity contribution < 1.29 is 23.9 Å². The summed E-state index contributed by atoms with van der Waals surface area (Å²) in [6, 6.07) is 16.7. The van der Waals surface area contributed by atoms with E-state index in [0.29, 0.717) is 16.5 Å². The molecular weight excluding hydrogens is 400 g/mol. The van der Waals surface area contributed by atoms with Crippen LogP contribution in [0.1, 0.15) is 31.1 Å². The largest absolute Gasteiger partial charge is 0.478 e. The van der Waals surface area contributed by atoms with Gasteiger partial charge in [-0.1, -0.05) is 18.2 Å². The molecule has 8 heteroatoms. The van der Waals surface area contributed by atoms with Crippen molar-refractivity contribution >= 4 is 34.4 Å². The quantitative estimate of drug-likeness (QED) is 0.513. The second kappa shape index (κ2) is 6.74. The van der Waals surface area contributed by atoms with Gasteiger partial charge in [0.05, 0.1) is 33.3 Å². The molecule has 1 N–H and O–H groups in total. The number of carboxylic acids is 1. The Bertz CT molecular complexity index is 1490. The molecule has 150 valence electrons. The number of amides is 2. The summed E-state index contributed by atoms with van der Waals surface area (Å²) in [6.45, 7) is 0. The van der Waals surface area contributed by atoms with Gasteiger partial charge in [0, 0.05) is 5.56 Å². The van der Waals surface area contributed by atoms with Gasteiger partial charge in [-0.05, 0) is 48.5 Å². The molecule has 5 rings (SSSR count). The molecule has 2 heterocycles. The van der Waals surface area contributed by atoms with Crippen molar-refractivity contribution in [1.82, 2.24) is 4.98 Å². The molecule has 8 nitrogen and oxygen atoms in total. The number of anilines is 1. The van der Waals surface area contributed by atoms with Gasteiger partial charge < -0.3 is 9.52 Å². The number of rotatable bonds is 3. The zero-order valence-corrected chi connectivity index (χ0v) is 15.7. The summed E-state index contributed by atoms with van der Waals surface area (Å²) in [4.78, 5) is 54.6. The molecule has 0 radical (unpaired) electrons. The molecule has 1 aliphatic heterocycles. The standard InChI is InChI=1S/C23H12N2O6/c26-20-15-9-8-12(19-24-18-7-2-1-6-16(18)23(30)31-19)11-17(15)21(27)25(20)14-5-3-4-13(10-14)22(28)29/h1-11H,(H,28,29). The van der Waals surface area contributed by atoms with Crippen LogP contribution in [0.2, 0.25) is 0 Å². The van der Waals surface area contributed by atoms with Gasteiger partial charge in [0.2, 0.25) is 5.89 Å². The minimum atomic E-state index is -1.17. The number of carbonyl (C=O) groups excluding carboxylic acids is 2. The summed E-state index contributed by atoms with van der Waals surface area (Å²) in [6.07, 6.45) is 0. The zero-order chi connectivity index (χ0) is 21.7. The number of hydrogen-bond acceptors (Lipinski definition) is 6. The third-order valence-electron chi connectivity index (χ3n) is 5.02. The van der Waals surface area contributed by atoms with E-state index in [0.717, 1.165) is 4.90 Å². The molecule has 0 saturated heterocycles. The fourth-order valence-corrected chi connectivity index (χ4v) is 3.53. The average Bonchev–Trinajstić information content (AvgIpc) is 3.03. The van der Waals surface area contributed by atoms with Crippen LogP contribution in [0.15, 0.2) is 75.9 Å². The monoisotopic (exact) mass is 412 g/mol. The van der Waals surface area contributed by atoms with E-state index in [1.54, 1.807) is 30.3 Å². The van der Waals surface area contributed by atoms with Crippen LogP contribution >= 0.6 is 0 Å². The van der Waals surface area contributed by atoms with Crippen LogP contribution in [0, 0.1) is 0 Å². The number of benzene rings is 3. The summed E-state index contributed by atoms with van der Waals surface area (Å²) < 4.78 is 5.31. The van der Waals surface area contributed by atoms with Gasteiger partial charge >= 0.3 is 11.6 Å². The highest BCUT2D eigenvalue weighted by molar-refractivity contribution is 6.34. The van der Waals surface area contributed by atoms with E-state index in [9.17, 15) is 24.3 Å². The normalized spacial score (nSPS) is 13.0. The van der Waals surface area contributed by atoms with Crippen LogP contribution in [0.5, 0.6) is 0 Å². The van der Waals surface area contributed by atoms with Gasteiger partial charge in [-0.15, -0.1) is 0 Å². The second-order valence-electron chi connectivity index (χ2n) is 6.89. The van der Waals surface area contributed by atoms with E-state index in [-0.39, 0.29) is 28.3 Å². The number of carboxylic acid groups (broad SMARTS) is 1. The third-order valence-corrected chi connectivity index (χ3v) is 5.02. The molecule has 4 aromatic rings. The fourth-order valence-electron chi connectivity index (χ4n) is 3.53. The highest BCUT2D eigenvalue weighted by Crippen LogP contribution is 2.31. The lowest BCUT2D eigenvalue weighted by atomic mass is 10.1. The van der Waals surface area contributed by atoms with Gasteiger partial charge in [-0.25, -0.2) is 19.5 Å². The van der Waals surface area contributed by atoms with Crippen molar-refractivity contribution in [3.63, 3.8) is 0 Å². The molecule has 0 atom stereocenters. The number of fused-ring (bicyclic) bond motifs is 2. The third kappa shape index (κ3) is 2.89. The van der Waals surface area contributed by atoms with E-state index in [1.165, 1.54) is 36.4 Å². The Morgan fingerprint density at radius 1 is 0.871 bits per heavy atom. The van der Waals surface area contributed by atoms with Crippen molar-refractivity contribution in [2.24, 2.45) is 0 Å². The SMILES string of the molecule is O=C(O)c1cccc(N2C(=O)c3ccc(-c4nc5ccccc5c(=O)o4)cc3C2=O)c1. The first-order valence-electron chi connectivity index (χ1n) is 9.20. The predicted molar refractivity (Wildman–Crippen MR) is 110 cm³/mol. The summed E-state index contributed by atoms with van der Waals surface area (Å²) in [7, 11) is 0. The van der Waals surface area contributed by atoms with Crippen LogP contribution in [-0.2, 0) is 0 Å². The summed E-state index contributed by atoms with van der Waals surface area (Å²) in [5.74, 6) is -2.31. The first-order chi connectivity index (χ1) is 14.9. The van der Waals surface area contributed by atoms with Crippen LogP contribution in [0.3, 0.4) is 0 Å².